The Morgan fingerprint density at radius 2 is 1.78 bits per heavy atom. The number of aromatic nitrogens is 2. The first-order chi connectivity index (χ1) is 15.6. The first kappa shape index (κ1) is 22.4. The van der Waals surface area contributed by atoms with Crippen molar-refractivity contribution in [3.8, 4) is 17.2 Å². The molecule has 2 aliphatic heterocycles. The van der Waals surface area contributed by atoms with Crippen molar-refractivity contribution in [2.75, 3.05) is 65.6 Å². The van der Waals surface area contributed by atoms with Gasteiger partial charge in [-0.1, -0.05) is 0 Å². The Morgan fingerprint density at radius 1 is 1.06 bits per heavy atom. The maximum Gasteiger partial charge on any atom is 0.252 e. The number of benzene rings is 1. The molecule has 32 heavy (non-hydrogen) atoms. The lowest BCUT2D eigenvalue weighted by Gasteiger charge is -2.33. The molecule has 1 atom stereocenters. The summed E-state index contributed by atoms with van der Waals surface area (Å²) < 4.78 is 21.9. The van der Waals surface area contributed by atoms with Gasteiger partial charge >= 0.3 is 0 Å². The second-order valence-corrected chi connectivity index (χ2v) is 8.20. The van der Waals surface area contributed by atoms with Gasteiger partial charge in [-0.05, 0) is 37.1 Å². The zero-order valence-corrected chi connectivity index (χ0v) is 19.1. The summed E-state index contributed by atoms with van der Waals surface area (Å²) >= 11 is 0. The van der Waals surface area contributed by atoms with Gasteiger partial charge in [0, 0.05) is 38.2 Å². The van der Waals surface area contributed by atoms with Crippen LogP contribution < -0.4 is 24.7 Å². The summed E-state index contributed by atoms with van der Waals surface area (Å²) in [6.07, 6.45) is 2.07. The number of likely N-dealkylation sites (tertiary alicyclic amines) is 1. The highest BCUT2D eigenvalue weighted by Crippen LogP contribution is 2.39. The molecule has 2 aromatic rings. The molecule has 0 radical (unpaired) electrons. The SMILES string of the molecule is COc1cc(CN2CCCC(c3cc(=O)[nH]c(N4CCOCC4)n3)C2)cc(OC)c1OC. The van der Waals surface area contributed by atoms with Crippen molar-refractivity contribution in [3.05, 3.63) is 39.8 Å². The molecule has 1 N–H and O–H groups in total. The van der Waals surface area contributed by atoms with E-state index in [0.717, 1.165) is 56.8 Å². The van der Waals surface area contributed by atoms with Crippen LogP contribution in [-0.2, 0) is 11.3 Å². The van der Waals surface area contributed by atoms with E-state index in [1.165, 1.54) is 0 Å². The number of ether oxygens (including phenoxy) is 4. The molecule has 3 heterocycles. The van der Waals surface area contributed by atoms with Gasteiger partial charge in [-0.15, -0.1) is 0 Å². The maximum atomic E-state index is 12.4. The van der Waals surface area contributed by atoms with Gasteiger partial charge in [0.05, 0.1) is 40.2 Å². The molecule has 174 valence electrons. The standard InChI is InChI=1S/C23H32N4O5/c1-29-19-11-16(12-20(30-2)22(19)31-3)14-26-6-4-5-17(15-26)18-13-21(28)25-23(24-18)27-7-9-32-10-8-27/h11-13,17H,4-10,14-15H2,1-3H3,(H,24,25,28). The molecular formula is C23H32N4O5. The molecule has 0 bridgehead atoms. The normalized spacial score (nSPS) is 19.6. The number of piperidine rings is 1. The highest BCUT2D eigenvalue weighted by Gasteiger charge is 2.25. The monoisotopic (exact) mass is 444 g/mol. The molecule has 4 rings (SSSR count). The number of methoxy groups -OCH3 is 3. The molecule has 0 spiro atoms. The first-order valence-electron chi connectivity index (χ1n) is 11.1. The number of hydrogen-bond acceptors (Lipinski definition) is 8. The summed E-state index contributed by atoms with van der Waals surface area (Å²) in [5.74, 6) is 2.77. The van der Waals surface area contributed by atoms with Crippen LogP contribution in [0.2, 0.25) is 0 Å². The largest absolute Gasteiger partial charge is 0.493 e. The van der Waals surface area contributed by atoms with Crippen molar-refractivity contribution in [3.63, 3.8) is 0 Å². The quantitative estimate of drug-likeness (QED) is 0.694. The average Bonchev–Trinajstić information content (AvgIpc) is 2.83. The van der Waals surface area contributed by atoms with Crippen LogP contribution in [0.15, 0.2) is 23.0 Å². The number of nitrogens with zero attached hydrogens (tertiary/aromatic N) is 3. The summed E-state index contributed by atoms with van der Waals surface area (Å²) in [7, 11) is 4.86. The second kappa shape index (κ2) is 10.2. The maximum absolute atomic E-state index is 12.4. The summed E-state index contributed by atoms with van der Waals surface area (Å²) in [6, 6.07) is 5.64. The summed E-state index contributed by atoms with van der Waals surface area (Å²) in [5.41, 5.74) is 1.86. The highest BCUT2D eigenvalue weighted by molar-refractivity contribution is 5.53. The van der Waals surface area contributed by atoms with E-state index in [2.05, 4.69) is 14.8 Å². The average molecular weight is 445 g/mol. The third-order valence-electron chi connectivity index (χ3n) is 6.11. The first-order valence-corrected chi connectivity index (χ1v) is 11.1. The fraction of sp³-hybridized carbons (Fsp3) is 0.565. The van der Waals surface area contributed by atoms with Crippen LogP contribution in [-0.4, -0.2) is 75.6 Å². The van der Waals surface area contributed by atoms with Gasteiger partial charge in [-0.2, -0.15) is 0 Å². The Balaban J connectivity index is 1.51. The van der Waals surface area contributed by atoms with Crippen LogP contribution in [0.4, 0.5) is 5.95 Å². The Morgan fingerprint density at radius 3 is 2.44 bits per heavy atom. The molecule has 9 heteroatoms. The van der Waals surface area contributed by atoms with E-state index in [4.69, 9.17) is 23.9 Å². The third-order valence-corrected chi connectivity index (χ3v) is 6.11. The van der Waals surface area contributed by atoms with Crippen LogP contribution in [0.5, 0.6) is 17.2 Å². The van der Waals surface area contributed by atoms with Gasteiger partial charge in [0.1, 0.15) is 0 Å². The fourth-order valence-corrected chi connectivity index (χ4v) is 4.52. The fourth-order valence-electron chi connectivity index (χ4n) is 4.52. The van der Waals surface area contributed by atoms with Crippen molar-refractivity contribution in [1.29, 1.82) is 0 Å². The van der Waals surface area contributed by atoms with Crippen LogP contribution in [0.1, 0.15) is 30.0 Å². The Bertz CT molecular complexity index is 948. The Hall–Kier alpha value is -2.78. The van der Waals surface area contributed by atoms with E-state index in [9.17, 15) is 4.79 Å². The van der Waals surface area contributed by atoms with Gasteiger partial charge in [-0.3, -0.25) is 14.7 Å². The zero-order chi connectivity index (χ0) is 22.5. The van der Waals surface area contributed by atoms with Crippen molar-refractivity contribution < 1.29 is 18.9 Å². The Kier molecular flexibility index (Phi) is 7.16. The number of nitrogens with one attached hydrogen (secondary N) is 1. The van der Waals surface area contributed by atoms with Gasteiger partial charge in [-0.25, -0.2) is 4.98 Å². The zero-order valence-electron chi connectivity index (χ0n) is 19.1. The smallest absolute Gasteiger partial charge is 0.252 e. The summed E-state index contributed by atoms with van der Waals surface area (Å²) in [4.78, 5) is 24.6. The van der Waals surface area contributed by atoms with Crippen molar-refractivity contribution in [2.24, 2.45) is 0 Å². The van der Waals surface area contributed by atoms with E-state index < -0.39 is 0 Å². The minimum atomic E-state index is -0.0988. The molecule has 2 saturated heterocycles. The highest BCUT2D eigenvalue weighted by atomic mass is 16.5. The molecule has 9 nitrogen and oxygen atoms in total. The van der Waals surface area contributed by atoms with E-state index in [0.29, 0.717) is 36.4 Å². The molecular weight excluding hydrogens is 412 g/mol. The van der Waals surface area contributed by atoms with Crippen LogP contribution in [0, 0.1) is 0 Å². The van der Waals surface area contributed by atoms with Crippen molar-refractivity contribution in [2.45, 2.75) is 25.3 Å². The second-order valence-electron chi connectivity index (χ2n) is 8.20. The molecule has 0 aliphatic carbocycles. The van der Waals surface area contributed by atoms with E-state index >= 15 is 0 Å². The number of H-pyrrole nitrogens is 1. The van der Waals surface area contributed by atoms with Gasteiger partial charge in [0.25, 0.3) is 5.56 Å². The van der Waals surface area contributed by atoms with Crippen molar-refractivity contribution in [1.82, 2.24) is 14.9 Å². The van der Waals surface area contributed by atoms with Gasteiger partial charge in [0.15, 0.2) is 11.5 Å². The summed E-state index contributed by atoms with van der Waals surface area (Å²) in [6.45, 7) is 5.38. The predicted octanol–water partition coefficient (Wildman–Crippen LogP) is 2.01. The minimum Gasteiger partial charge on any atom is -0.493 e. The van der Waals surface area contributed by atoms with Crippen molar-refractivity contribution >= 4 is 5.95 Å². The number of rotatable bonds is 7. The molecule has 1 aromatic carbocycles. The predicted molar refractivity (Wildman–Crippen MR) is 121 cm³/mol. The topological polar surface area (TPSA) is 89.2 Å². The molecule has 0 amide bonds. The lowest BCUT2D eigenvalue weighted by atomic mass is 9.94. The number of morpholine rings is 1. The number of aromatic amines is 1. The molecule has 0 saturated carbocycles. The summed E-state index contributed by atoms with van der Waals surface area (Å²) in [5, 5.41) is 0. The molecule has 1 unspecified atom stereocenters. The minimum absolute atomic E-state index is 0.0988. The third kappa shape index (κ3) is 4.99. The van der Waals surface area contributed by atoms with E-state index in [-0.39, 0.29) is 11.5 Å². The van der Waals surface area contributed by atoms with Crippen LogP contribution >= 0.6 is 0 Å². The van der Waals surface area contributed by atoms with E-state index in [1.807, 2.05) is 12.1 Å². The van der Waals surface area contributed by atoms with Crippen LogP contribution in [0.3, 0.4) is 0 Å². The van der Waals surface area contributed by atoms with Gasteiger partial charge in [0.2, 0.25) is 11.7 Å². The molecule has 2 aliphatic rings. The molecule has 2 fully saturated rings. The van der Waals surface area contributed by atoms with E-state index in [1.54, 1.807) is 27.4 Å². The lowest BCUT2D eigenvalue weighted by Crippen LogP contribution is -2.39. The lowest BCUT2D eigenvalue weighted by molar-refractivity contribution is 0.122. The van der Waals surface area contributed by atoms with Gasteiger partial charge < -0.3 is 23.8 Å². The number of anilines is 1. The number of hydrogen-bond donors (Lipinski definition) is 1. The molecule has 1 aromatic heterocycles. The Labute approximate surface area is 188 Å². The van der Waals surface area contributed by atoms with Crippen LogP contribution in [0.25, 0.3) is 0 Å².